The topological polar surface area (TPSA) is 211 Å². The molecule has 22 heavy (non-hydrogen) atoms. The number of carboxylic acid groups (broad SMARTS) is 2. The van der Waals surface area contributed by atoms with Gasteiger partial charge in [-0.2, -0.15) is 0 Å². The average Bonchev–Trinajstić information content (AvgIpc) is 2.74. The lowest BCUT2D eigenvalue weighted by Gasteiger charge is -1.79. The summed E-state index contributed by atoms with van der Waals surface area (Å²) in [6.07, 6.45) is 0.410. The zero-order valence-corrected chi connectivity index (χ0v) is 11.2. The fraction of sp³-hybridized carbons (Fsp3) is 0.222. The highest BCUT2D eigenvalue weighted by Crippen LogP contribution is 2.13. The normalized spacial score (nSPS) is 7.55. The largest absolute Gasteiger partial charge is 0.481 e. The molecular formula is C9H12N2O11. The molecule has 1 rings (SSSR count). The van der Waals surface area contributed by atoms with Crippen molar-refractivity contribution in [3.63, 3.8) is 0 Å². The second kappa shape index (κ2) is 13.9. The van der Waals surface area contributed by atoms with Crippen molar-refractivity contribution in [3.8, 4) is 0 Å². The van der Waals surface area contributed by atoms with Crippen LogP contribution in [0.2, 0.25) is 0 Å². The van der Waals surface area contributed by atoms with Crippen molar-refractivity contribution >= 4 is 24.1 Å². The summed E-state index contributed by atoms with van der Waals surface area (Å²) in [7, 11) is 0. The highest BCUT2D eigenvalue weighted by molar-refractivity contribution is 5.70. The summed E-state index contributed by atoms with van der Waals surface area (Å²) >= 11 is 0. The number of aliphatic carboxylic acids is 2. The number of rotatable bonds is 2. The summed E-state index contributed by atoms with van der Waals surface area (Å²) < 4.78 is 4.43. The molecule has 0 amide bonds. The summed E-state index contributed by atoms with van der Waals surface area (Å²) in [5.41, 5.74) is 0. The second-order valence-corrected chi connectivity index (χ2v) is 2.83. The van der Waals surface area contributed by atoms with Crippen LogP contribution in [0.3, 0.4) is 0 Å². The Bertz CT molecular complexity index is 467. The number of nitrogens with zero attached hydrogens (tertiary/aromatic N) is 2. The van der Waals surface area contributed by atoms with Crippen LogP contribution in [0.1, 0.15) is 24.4 Å². The van der Waals surface area contributed by atoms with Crippen LogP contribution in [-0.4, -0.2) is 43.7 Å². The van der Waals surface area contributed by atoms with Crippen LogP contribution in [0.4, 0.5) is 5.88 Å². The van der Waals surface area contributed by atoms with E-state index in [0.29, 0.717) is 6.29 Å². The summed E-state index contributed by atoms with van der Waals surface area (Å²) in [5, 5.41) is 38.4. The maximum atomic E-state index is 9.93. The third-order valence-corrected chi connectivity index (χ3v) is 0.909. The van der Waals surface area contributed by atoms with Gasteiger partial charge in [-0.05, 0) is 6.07 Å². The van der Waals surface area contributed by atoms with E-state index < -0.39 is 27.8 Å². The van der Waals surface area contributed by atoms with Gasteiger partial charge in [-0.3, -0.25) is 24.5 Å². The molecule has 0 aliphatic rings. The molecule has 0 aliphatic heterocycles. The average molecular weight is 324 g/mol. The number of hydrogen-bond donors (Lipinski definition) is 3. The number of nitro groups is 1. The monoisotopic (exact) mass is 324 g/mol. The lowest BCUT2D eigenvalue weighted by atomic mass is 10.5. The molecular weight excluding hydrogens is 312 g/mol. The fourth-order valence-corrected chi connectivity index (χ4v) is 0.504. The Kier molecular flexibility index (Phi) is 14.9. The Morgan fingerprint density at radius 2 is 1.45 bits per heavy atom. The molecule has 0 fully saturated rings. The maximum absolute atomic E-state index is 9.93. The molecule has 0 bridgehead atoms. The molecule has 0 aromatic carbocycles. The van der Waals surface area contributed by atoms with E-state index >= 15 is 0 Å². The number of aldehydes is 1. The van der Waals surface area contributed by atoms with Crippen molar-refractivity contribution in [3.05, 3.63) is 38.1 Å². The van der Waals surface area contributed by atoms with Gasteiger partial charge in [0.2, 0.25) is 0 Å². The minimum absolute atomic E-state index is 0.0355. The predicted octanol–water partition coefficient (Wildman–Crippen LogP) is 0.834. The summed E-state index contributed by atoms with van der Waals surface area (Å²) in [4.78, 5) is 45.5. The molecule has 0 saturated carbocycles. The van der Waals surface area contributed by atoms with Crippen molar-refractivity contribution in [2.45, 2.75) is 13.8 Å². The Labute approximate surface area is 121 Å². The van der Waals surface area contributed by atoms with Gasteiger partial charge in [0.25, 0.3) is 17.0 Å². The van der Waals surface area contributed by atoms with E-state index in [1.165, 1.54) is 6.07 Å². The van der Waals surface area contributed by atoms with Gasteiger partial charge in [-0.15, -0.1) is 10.1 Å². The standard InChI is InChI=1S/C5H3NO4.2C2H4O2.HNO3/c7-3-4-1-2-5(10-4)6(8)9;2*1-2(3)4;2-1(3)4/h1-3H;2*1H3,(H,3,4);(H,2,3,4). The first-order chi connectivity index (χ1) is 9.93. The van der Waals surface area contributed by atoms with Crippen LogP contribution < -0.4 is 0 Å². The molecule has 3 N–H and O–H groups in total. The summed E-state index contributed by atoms with van der Waals surface area (Å²) in [5.74, 6) is -2.12. The molecule has 0 aliphatic carbocycles. The van der Waals surface area contributed by atoms with Crippen molar-refractivity contribution in [2.75, 3.05) is 0 Å². The first-order valence-electron chi connectivity index (χ1n) is 4.85. The molecule has 1 aromatic heterocycles. The second-order valence-electron chi connectivity index (χ2n) is 2.83. The Morgan fingerprint density at radius 3 is 1.59 bits per heavy atom. The minimum Gasteiger partial charge on any atom is -0.481 e. The zero-order valence-electron chi connectivity index (χ0n) is 11.2. The number of carbonyl (C=O) groups is 3. The van der Waals surface area contributed by atoms with Crippen molar-refractivity contribution in [1.29, 1.82) is 0 Å². The van der Waals surface area contributed by atoms with E-state index in [1.54, 1.807) is 0 Å². The van der Waals surface area contributed by atoms with Crippen LogP contribution in [0, 0.1) is 20.2 Å². The van der Waals surface area contributed by atoms with Gasteiger partial charge in [-0.1, -0.05) is 0 Å². The third kappa shape index (κ3) is 30.0. The fourth-order valence-electron chi connectivity index (χ4n) is 0.504. The van der Waals surface area contributed by atoms with Crippen LogP contribution >= 0.6 is 0 Å². The maximum Gasteiger partial charge on any atom is 0.433 e. The van der Waals surface area contributed by atoms with E-state index in [9.17, 15) is 14.9 Å². The Balaban J connectivity index is -0.000000253. The van der Waals surface area contributed by atoms with Crippen molar-refractivity contribution in [1.82, 2.24) is 0 Å². The zero-order chi connectivity index (χ0) is 18.3. The minimum atomic E-state index is -1.50. The van der Waals surface area contributed by atoms with Gasteiger partial charge in [0.15, 0.2) is 12.0 Å². The van der Waals surface area contributed by atoms with Gasteiger partial charge < -0.3 is 19.8 Å². The molecule has 0 spiro atoms. The lowest BCUT2D eigenvalue weighted by molar-refractivity contribution is -0.742. The van der Waals surface area contributed by atoms with Crippen LogP contribution in [-0.2, 0) is 9.59 Å². The molecule has 13 nitrogen and oxygen atoms in total. The van der Waals surface area contributed by atoms with Gasteiger partial charge in [-0.25, -0.2) is 0 Å². The molecule has 0 atom stereocenters. The predicted molar refractivity (Wildman–Crippen MR) is 66.2 cm³/mol. The number of carbonyl (C=O) groups excluding carboxylic acids is 1. The lowest BCUT2D eigenvalue weighted by Crippen LogP contribution is -1.82. The first-order valence-corrected chi connectivity index (χ1v) is 4.85. The molecule has 1 aromatic rings. The summed E-state index contributed by atoms with van der Waals surface area (Å²) in [6, 6.07) is 2.37. The van der Waals surface area contributed by atoms with Gasteiger partial charge in [0.05, 0.1) is 6.07 Å². The number of carboxylic acids is 2. The quantitative estimate of drug-likeness (QED) is 0.393. The van der Waals surface area contributed by atoms with E-state index in [2.05, 4.69) is 4.42 Å². The molecule has 0 saturated heterocycles. The molecule has 1 heterocycles. The number of hydrogen-bond acceptors (Lipinski definition) is 8. The molecule has 13 heteroatoms. The van der Waals surface area contributed by atoms with Gasteiger partial charge in [0, 0.05) is 13.8 Å². The van der Waals surface area contributed by atoms with Crippen LogP contribution in [0.25, 0.3) is 0 Å². The van der Waals surface area contributed by atoms with E-state index in [1.807, 2.05) is 0 Å². The van der Waals surface area contributed by atoms with Crippen molar-refractivity contribution in [2.24, 2.45) is 0 Å². The SMILES string of the molecule is CC(=O)O.CC(=O)O.O=Cc1ccc([N+](=O)[O-])o1.O=[N+]([O-])O. The van der Waals surface area contributed by atoms with Crippen LogP contribution in [0.5, 0.6) is 0 Å². The molecule has 0 unspecified atom stereocenters. The van der Waals surface area contributed by atoms with Gasteiger partial charge >= 0.3 is 5.88 Å². The van der Waals surface area contributed by atoms with E-state index in [4.69, 9.17) is 35.1 Å². The highest BCUT2D eigenvalue weighted by atomic mass is 16.9. The molecule has 0 radical (unpaired) electrons. The Hall–Kier alpha value is -3.51. The smallest absolute Gasteiger partial charge is 0.433 e. The summed E-state index contributed by atoms with van der Waals surface area (Å²) in [6.45, 7) is 2.17. The Morgan fingerprint density at radius 1 is 1.14 bits per heavy atom. The van der Waals surface area contributed by atoms with Crippen molar-refractivity contribution < 1.29 is 44.2 Å². The third-order valence-electron chi connectivity index (χ3n) is 0.909. The highest BCUT2D eigenvalue weighted by Gasteiger charge is 2.10. The number of furan rings is 1. The van der Waals surface area contributed by atoms with Gasteiger partial charge in [0.1, 0.15) is 4.92 Å². The molecule has 124 valence electrons. The first kappa shape index (κ1) is 23.6. The van der Waals surface area contributed by atoms with E-state index in [0.717, 1.165) is 19.9 Å². The van der Waals surface area contributed by atoms with E-state index in [-0.39, 0.29) is 5.76 Å². The van der Waals surface area contributed by atoms with Crippen LogP contribution in [0.15, 0.2) is 16.5 Å².